The van der Waals surface area contributed by atoms with E-state index in [1.807, 2.05) is 18.7 Å². The number of nitrogens with two attached hydrogens (primary N) is 1. The minimum atomic E-state index is -0.203. The van der Waals surface area contributed by atoms with Gasteiger partial charge in [0.15, 0.2) is 0 Å². The molecule has 0 aromatic rings. The maximum atomic E-state index is 10.7. The summed E-state index contributed by atoms with van der Waals surface area (Å²) in [6, 6.07) is 0. The van der Waals surface area contributed by atoms with Crippen molar-refractivity contribution in [3.63, 3.8) is 0 Å². The van der Waals surface area contributed by atoms with E-state index in [4.69, 9.17) is 5.73 Å². The van der Waals surface area contributed by atoms with Crippen LogP contribution in [0.4, 0.5) is 0 Å². The molecular formula is C7H14N2OS. The van der Waals surface area contributed by atoms with Gasteiger partial charge < -0.3 is 11.1 Å². The van der Waals surface area contributed by atoms with Gasteiger partial charge in [-0.3, -0.25) is 4.79 Å². The quantitative estimate of drug-likeness (QED) is 0.628. The number of nitrogens with one attached hydrogen (secondary N) is 1. The summed E-state index contributed by atoms with van der Waals surface area (Å²) < 4.78 is 0. The lowest BCUT2D eigenvalue weighted by Gasteiger charge is -2.41. The van der Waals surface area contributed by atoms with Gasteiger partial charge in [-0.15, -0.1) is 0 Å². The molecule has 1 aliphatic heterocycles. The van der Waals surface area contributed by atoms with Gasteiger partial charge in [-0.25, -0.2) is 0 Å². The van der Waals surface area contributed by atoms with Gasteiger partial charge in [-0.05, 0) is 6.54 Å². The van der Waals surface area contributed by atoms with Crippen LogP contribution in [0.2, 0.25) is 0 Å². The van der Waals surface area contributed by atoms with Gasteiger partial charge in [0.1, 0.15) is 0 Å². The van der Waals surface area contributed by atoms with Crippen LogP contribution in [0.25, 0.3) is 0 Å². The molecular weight excluding hydrogens is 160 g/mol. The number of carbonyl (C=O) groups excluding carboxylic acids is 1. The molecule has 11 heavy (non-hydrogen) atoms. The molecule has 0 unspecified atom stereocenters. The Morgan fingerprint density at radius 3 is 2.64 bits per heavy atom. The molecule has 4 heteroatoms. The first-order valence-electron chi connectivity index (χ1n) is 3.80. The predicted octanol–water partition coefficient (Wildman–Crippen LogP) is -0.0431. The Morgan fingerprint density at radius 2 is 2.36 bits per heavy atom. The zero-order valence-electron chi connectivity index (χ0n) is 6.72. The molecule has 0 bridgehead atoms. The second kappa shape index (κ2) is 3.45. The van der Waals surface area contributed by atoms with Crippen LogP contribution in [-0.4, -0.2) is 29.5 Å². The van der Waals surface area contributed by atoms with E-state index < -0.39 is 0 Å². The molecule has 1 saturated heterocycles. The maximum Gasteiger partial charge on any atom is 0.219 e. The van der Waals surface area contributed by atoms with Gasteiger partial charge in [0.25, 0.3) is 0 Å². The number of amides is 1. The smallest absolute Gasteiger partial charge is 0.219 e. The maximum absolute atomic E-state index is 10.7. The third-order valence-corrected chi connectivity index (χ3v) is 3.33. The third-order valence-electron chi connectivity index (χ3n) is 1.82. The van der Waals surface area contributed by atoms with Crippen LogP contribution < -0.4 is 11.1 Å². The third kappa shape index (κ3) is 2.10. The van der Waals surface area contributed by atoms with Crippen LogP contribution in [0.3, 0.4) is 0 Å². The van der Waals surface area contributed by atoms with Crippen molar-refractivity contribution < 1.29 is 4.79 Å². The molecule has 3 nitrogen and oxygen atoms in total. The fraction of sp³-hybridized carbons (Fsp3) is 0.857. The highest BCUT2D eigenvalue weighted by atomic mass is 32.2. The Kier molecular flexibility index (Phi) is 2.78. The first-order valence-corrected chi connectivity index (χ1v) is 4.95. The van der Waals surface area contributed by atoms with Crippen LogP contribution in [0.5, 0.6) is 0 Å². The van der Waals surface area contributed by atoms with E-state index in [1.165, 1.54) is 0 Å². The lowest BCUT2D eigenvalue weighted by atomic mass is 9.99. The molecule has 1 amide bonds. The fourth-order valence-corrected chi connectivity index (χ4v) is 2.43. The highest BCUT2D eigenvalue weighted by Crippen LogP contribution is 2.31. The zero-order chi connectivity index (χ0) is 8.32. The number of hydrogen-bond acceptors (Lipinski definition) is 3. The van der Waals surface area contributed by atoms with Crippen molar-refractivity contribution in [1.82, 2.24) is 5.32 Å². The first-order chi connectivity index (χ1) is 5.18. The highest BCUT2D eigenvalue weighted by Gasteiger charge is 2.38. The SMILES string of the molecule is CCNC1(CC(N)=O)CSC1. The largest absolute Gasteiger partial charge is 0.370 e. The number of hydrogen-bond donors (Lipinski definition) is 2. The van der Waals surface area contributed by atoms with Gasteiger partial charge in [0.05, 0.1) is 0 Å². The molecule has 0 atom stereocenters. The Balaban J connectivity index is 2.39. The van der Waals surface area contributed by atoms with E-state index in [1.54, 1.807) is 0 Å². The van der Waals surface area contributed by atoms with E-state index in [2.05, 4.69) is 5.32 Å². The summed E-state index contributed by atoms with van der Waals surface area (Å²) in [7, 11) is 0. The highest BCUT2D eigenvalue weighted by molar-refractivity contribution is 8.00. The van der Waals surface area contributed by atoms with E-state index in [0.29, 0.717) is 6.42 Å². The van der Waals surface area contributed by atoms with E-state index in [0.717, 1.165) is 18.1 Å². The molecule has 64 valence electrons. The van der Waals surface area contributed by atoms with Crippen LogP contribution in [-0.2, 0) is 4.79 Å². The standard InChI is InChI=1S/C7H14N2OS/c1-2-9-7(3-6(8)10)4-11-5-7/h9H,2-5H2,1H3,(H2,8,10). The molecule has 1 rings (SSSR count). The molecule has 0 saturated carbocycles. The summed E-state index contributed by atoms with van der Waals surface area (Å²) in [5, 5.41) is 3.31. The Bertz CT molecular complexity index is 157. The minimum absolute atomic E-state index is 0.0330. The molecule has 1 heterocycles. The zero-order valence-corrected chi connectivity index (χ0v) is 7.54. The number of thioether (sulfide) groups is 1. The van der Waals surface area contributed by atoms with Crippen molar-refractivity contribution in [3.05, 3.63) is 0 Å². The molecule has 0 aromatic heterocycles. The van der Waals surface area contributed by atoms with Crippen LogP contribution in [0.15, 0.2) is 0 Å². The van der Waals surface area contributed by atoms with Crippen LogP contribution in [0, 0.1) is 0 Å². The monoisotopic (exact) mass is 174 g/mol. The predicted molar refractivity (Wildman–Crippen MR) is 47.5 cm³/mol. The topological polar surface area (TPSA) is 55.1 Å². The van der Waals surface area contributed by atoms with Crippen LogP contribution >= 0.6 is 11.8 Å². The molecule has 0 radical (unpaired) electrons. The Morgan fingerprint density at radius 1 is 1.73 bits per heavy atom. The van der Waals surface area contributed by atoms with E-state index in [9.17, 15) is 4.79 Å². The van der Waals surface area contributed by atoms with Gasteiger partial charge in [-0.2, -0.15) is 11.8 Å². The number of primary amides is 1. The van der Waals surface area contributed by atoms with Crippen LogP contribution in [0.1, 0.15) is 13.3 Å². The Hall–Kier alpha value is -0.220. The molecule has 1 aliphatic rings. The normalized spacial score (nSPS) is 20.8. The summed E-state index contributed by atoms with van der Waals surface area (Å²) in [6.07, 6.45) is 0.480. The number of rotatable bonds is 4. The summed E-state index contributed by atoms with van der Waals surface area (Å²) in [5.41, 5.74) is 5.16. The average Bonchev–Trinajstić information content (AvgIpc) is 1.82. The van der Waals surface area contributed by atoms with Gasteiger partial charge in [-0.1, -0.05) is 6.92 Å². The van der Waals surface area contributed by atoms with Gasteiger partial charge in [0.2, 0.25) is 5.91 Å². The van der Waals surface area contributed by atoms with Crippen molar-refractivity contribution >= 4 is 17.7 Å². The summed E-state index contributed by atoms with van der Waals surface area (Å²) in [4.78, 5) is 10.7. The summed E-state index contributed by atoms with van der Waals surface area (Å²) in [6.45, 7) is 2.96. The number of carbonyl (C=O) groups is 1. The van der Waals surface area contributed by atoms with E-state index in [-0.39, 0.29) is 11.4 Å². The molecule has 0 aromatic carbocycles. The van der Waals surface area contributed by atoms with Crippen molar-refractivity contribution in [2.45, 2.75) is 18.9 Å². The van der Waals surface area contributed by atoms with Gasteiger partial charge in [0, 0.05) is 23.5 Å². The summed E-state index contributed by atoms with van der Waals surface area (Å²) >= 11 is 1.86. The minimum Gasteiger partial charge on any atom is -0.370 e. The van der Waals surface area contributed by atoms with Crippen molar-refractivity contribution in [1.29, 1.82) is 0 Å². The van der Waals surface area contributed by atoms with Crippen molar-refractivity contribution in [2.75, 3.05) is 18.1 Å². The second-order valence-electron chi connectivity index (χ2n) is 2.95. The summed E-state index contributed by atoms with van der Waals surface area (Å²) in [5.74, 6) is 1.83. The lowest BCUT2D eigenvalue weighted by molar-refractivity contribution is -0.119. The van der Waals surface area contributed by atoms with Gasteiger partial charge >= 0.3 is 0 Å². The molecule has 0 spiro atoms. The molecule has 0 aliphatic carbocycles. The Labute approximate surface area is 71.1 Å². The second-order valence-corrected chi connectivity index (χ2v) is 3.93. The fourth-order valence-electron chi connectivity index (χ4n) is 1.32. The van der Waals surface area contributed by atoms with E-state index >= 15 is 0 Å². The molecule has 3 N–H and O–H groups in total. The first kappa shape index (κ1) is 8.87. The van der Waals surface area contributed by atoms with Crippen molar-refractivity contribution in [2.24, 2.45) is 5.73 Å². The lowest BCUT2D eigenvalue weighted by Crippen LogP contribution is -2.57. The van der Waals surface area contributed by atoms with Crippen molar-refractivity contribution in [3.8, 4) is 0 Å². The average molecular weight is 174 g/mol. The molecule has 1 fully saturated rings.